The van der Waals surface area contributed by atoms with E-state index in [1.165, 1.54) is 5.56 Å². The van der Waals surface area contributed by atoms with Crippen molar-refractivity contribution < 1.29 is 5.11 Å². The Bertz CT molecular complexity index is 1100. The van der Waals surface area contributed by atoms with Gasteiger partial charge in [0.15, 0.2) is 0 Å². The van der Waals surface area contributed by atoms with E-state index in [1.807, 2.05) is 38.1 Å². The largest absolute Gasteiger partial charge is 0.381 e. The van der Waals surface area contributed by atoms with Crippen molar-refractivity contribution >= 4 is 23.2 Å². The molecule has 0 amide bonds. The van der Waals surface area contributed by atoms with Gasteiger partial charge in [-0.2, -0.15) is 0 Å². The zero-order valence-corrected chi connectivity index (χ0v) is 18.6. The van der Waals surface area contributed by atoms with E-state index in [-0.39, 0.29) is 0 Å². The molecule has 2 aromatic carbocycles. The minimum Gasteiger partial charge on any atom is -0.381 e. The second kappa shape index (κ2) is 8.27. The third kappa shape index (κ3) is 3.52. The smallest absolute Gasteiger partial charge is 0.128 e. The Labute approximate surface area is 187 Å². The lowest BCUT2D eigenvalue weighted by molar-refractivity contribution is -0.0116. The lowest BCUT2D eigenvalue weighted by atomic mass is 9.74. The van der Waals surface area contributed by atoms with E-state index < -0.39 is 11.6 Å². The molecule has 6 heteroatoms. The molecular weight excluding hydrogens is 417 g/mol. The van der Waals surface area contributed by atoms with Gasteiger partial charge in [-0.1, -0.05) is 61.3 Å². The standard InChI is InChI=1S/C24H25Cl2N3O/c1-3-19-21(17-10-9-15(25)13-18(17)26)28-20(4-2)23(29-19)24(30)12-11-14-7-5-6-8-16(14)22(24)27/h5-10,13,22,30H,3-4,11-12,27H2,1-2H3/t22-,24+/m1/s1. The van der Waals surface area contributed by atoms with Crippen molar-refractivity contribution in [3.63, 3.8) is 0 Å². The highest BCUT2D eigenvalue weighted by Gasteiger charge is 2.44. The van der Waals surface area contributed by atoms with E-state index in [1.54, 1.807) is 12.1 Å². The van der Waals surface area contributed by atoms with Gasteiger partial charge in [0, 0.05) is 10.6 Å². The monoisotopic (exact) mass is 441 g/mol. The highest BCUT2D eigenvalue weighted by molar-refractivity contribution is 6.36. The lowest BCUT2D eigenvalue weighted by Gasteiger charge is -2.39. The van der Waals surface area contributed by atoms with Gasteiger partial charge in [-0.25, -0.2) is 4.98 Å². The number of benzene rings is 2. The maximum atomic E-state index is 11.8. The Morgan fingerprint density at radius 1 is 1.07 bits per heavy atom. The van der Waals surface area contributed by atoms with Crippen LogP contribution in [-0.4, -0.2) is 15.1 Å². The van der Waals surface area contributed by atoms with Gasteiger partial charge >= 0.3 is 0 Å². The predicted octanol–water partition coefficient (Wildman–Crippen LogP) is 5.41. The number of aromatic nitrogens is 2. The fourth-order valence-corrected chi connectivity index (χ4v) is 4.81. The predicted molar refractivity (Wildman–Crippen MR) is 122 cm³/mol. The van der Waals surface area contributed by atoms with Gasteiger partial charge < -0.3 is 10.8 Å². The highest BCUT2D eigenvalue weighted by atomic mass is 35.5. The average Bonchev–Trinajstić information content (AvgIpc) is 2.76. The molecule has 0 unspecified atom stereocenters. The number of hydrogen-bond acceptors (Lipinski definition) is 4. The van der Waals surface area contributed by atoms with Crippen molar-refractivity contribution in [2.75, 3.05) is 0 Å². The topological polar surface area (TPSA) is 72.0 Å². The van der Waals surface area contributed by atoms with E-state index >= 15 is 0 Å². The Hall–Kier alpha value is -1.98. The number of aryl methyl sites for hydroxylation is 3. The van der Waals surface area contributed by atoms with Gasteiger partial charge in [0.25, 0.3) is 0 Å². The third-order valence-corrected chi connectivity index (χ3v) is 6.53. The summed E-state index contributed by atoms with van der Waals surface area (Å²) < 4.78 is 0. The van der Waals surface area contributed by atoms with Crippen molar-refractivity contribution in [1.29, 1.82) is 0 Å². The quantitative estimate of drug-likeness (QED) is 0.567. The number of nitrogens with two attached hydrogens (primary N) is 1. The molecule has 156 valence electrons. The molecule has 4 rings (SSSR count). The van der Waals surface area contributed by atoms with E-state index in [9.17, 15) is 5.11 Å². The first-order valence-electron chi connectivity index (χ1n) is 10.3. The normalized spacial score (nSPS) is 20.8. The second-order valence-electron chi connectivity index (χ2n) is 7.75. The Balaban J connectivity index is 1.87. The Kier molecular flexibility index (Phi) is 5.86. The van der Waals surface area contributed by atoms with Crippen LogP contribution in [0.4, 0.5) is 0 Å². The summed E-state index contributed by atoms with van der Waals surface area (Å²) in [5.41, 5.74) is 11.1. The number of nitrogens with zero attached hydrogens (tertiary/aromatic N) is 2. The van der Waals surface area contributed by atoms with Crippen LogP contribution >= 0.6 is 23.2 Å². The zero-order valence-electron chi connectivity index (χ0n) is 17.1. The van der Waals surface area contributed by atoms with E-state index in [0.29, 0.717) is 35.0 Å². The summed E-state index contributed by atoms with van der Waals surface area (Å²) >= 11 is 12.5. The van der Waals surface area contributed by atoms with Gasteiger partial charge in [0.1, 0.15) is 5.60 Å². The molecule has 3 aromatic rings. The summed E-state index contributed by atoms with van der Waals surface area (Å²) in [7, 11) is 0. The Morgan fingerprint density at radius 3 is 2.50 bits per heavy atom. The van der Waals surface area contributed by atoms with Crippen LogP contribution in [-0.2, 0) is 24.9 Å². The minimum atomic E-state index is -1.26. The number of rotatable bonds is 4. The fourth-order valence-electron chi connectivity index (χ4n) is 4.31. The molecule has 0 radical (unpaired) electrons. The molecule has 1 heterocycles. The number of hydrogen-bond donors (Lipinski definition) is 2. The summed E-state index contributed by atoms with van der Waals surface area (Å²) in [6.07, 6.45) is 2.54. The van der Waals surface area contributed by atoms with Crippen molar-refractivity contribution in [2.45, 2.75) is 51.2 Å². The van der Waals surface area contributed by atoms with Crippen molar-refractivity contribution in [1.82, 2.24) is 9.97 Å². The van der Waals surface area contributed by atoms with Gasteiger partial charge in [-0.05, 0) is 55.0 Å². The lowest BCUT2D eigenvalue weighted by Crippen LogP contribution is -2.44. The molecule has 0 aliphatic heterocycles. The molecule has 3 N–H and O–H groups in total. The third-order valence-electron chi connectivity index (χ3n) is 5.99. The molecule has 1 aromatic heterocycles. The van der Waals surface area contributed by atoms with Crippen molar-refractivity contribution in [2.24, 2.45) is 5.73 Å². The van der Waals surface area contributed by atoms with Crippen LogP contribution in [0.15, 0.2) is 42.5 Å². The Morgan fingerprint density at radius 2 is 1.80 bits per heavy atom. The van der Waals surface area contributed by atoms with Crippen molar-refractivity contribution in [3.05, 3.63) is 80.7 Å². The van der Waals surface area contributed by atoms with E-state index in [2.05, 4.69) is 6.07 Å². The zero-order chi connectivity index (χ0) is 21.5. The van der Waals surface area contributed by atoms with Gasteiger partial charge in [0.05, 0.1) is 33.8 Å². The summed E-state index contributed by atoms with van der Waals surface area (Å²) in [6.45, 7) is 4.03. The van der Waals surface area contributed by atoms with Crippen LogP contribution < -0.4 is 5.73 Å². The number of fused-ring (bicyclic) bond motifs is 1. The van der Waals surface area contributed by atoms with Crippen molar-refractivity contribution in [3.8, 4) is 11.3 Å². The molecular formula is C24H25Cl2N3O. The molecule has 2 atom stereocenters. The molecule has 0 spiro atoms. The first kappa shape index (κ1) is 21.3. The molecule has 0 saturated carbocycles. The average molecular weight is 442 g/mol. The van der Waals surface area contributed by atoms with Crippen LogP contribution in [0.25, 0.3) is 11.3 Å². The molecule has 1 aliphatic rings. The maximum absolute atomic E-state index is 11.8. The maximum Gasteiger partial charge on any atom is 0.128 e. The van der Waals surface area contributed by atoms with Crippen LogP contribution in [0, 0.1) is 0 Å². The molecule has 1 aliphatic carbocycles. The summed E-state index contributed by atoms with van der Waals surface area (Å²) in [6, 6.07) is 12.8. The SMILES string of the molecule is CCc1nc([C@]2(O)CCc3ccccc3[C@H]2N)c(CC)nc1-c1ccc(Cl)cc1Cl. The van der Waals surface area contributed by atoms with E-state index in [4.69, 9.17) is 38.9 Å². The molecule has 4 nitrogen and oxygen atoms in total. The van der Waals surface area contributed by atoms with E-state index in [0.717, 1.165) is 34.6 Å². The second-order valence-corrected chi connectivity index (χ2v) is 8.59. The van der Waals surface area contributed by atoms with Gasteiger partial charge in [0.2, 0.25) is 0 Å². The molecule has 0 saturated heterocycles. The molecule has 0 fully saturated rings. The fraction of sp³-hybridized carbons (Fsp3) is 0.333. The number of aliphatic hydroxyl groups is 1. The molecule has 0 bridgehead atoms. The van der Waals surface area contributed by atoms with Gasteiger partial charge in [-0.15, -0.1) is 0 Å². The summed E-state index contributed by atoms with van der Waals surface area (Å²) in [5, 5.41) is 12.9. The van der Waals surface area contributed by atoms with Crippen LogP contribution in [0.5, 0.6) is 0 Å². The number of halogens is 2. The van der Waals surface area contributed by atoms with Gasteiger partial charge in [-0.3, -0.25) is 4.98 Å². The summed E-state index contributed by atoms with van der Waals surface area (Å²) in [4.78, 5) is 9.86. The van der Waals surface area contributed by atoms with Crippen LogP contribution in [0.2, 0.25) is 10.0 Å². The first-order valence-corrected chi connectivity index (χ1v) is 11.1. The highest BCUT2D eigenvalue weighted by Crippen LogP contribution is 2.44. The summed E-state index contributed by atoms with van der Waals surface area (Å²) in [5.74, 6) is 0. The molecule has 30 heavy (non-hydrogen) atoms. The van der Waals surface area contributed by atoms with Crippen LogP contribution in [0.1, 0.15) is 54.5 Å². The minimum absolute atomic E-state index is 0.511. The van der Waals surface area contributed by atoms with Crippen LogP contribution in [0.3, 0.4) is 0 Å². The first-order chi connectivity index (χ1) is 14.4.